The topological polar surface area (TPSA) is 23.8 Å². The summed E-state index contributed by atoms with van der Waals surface area (Å²) in [6.45, 7) is 0. The normalized spacial score (nSPS) is 9.88. The van der Waals surface area contributed by atoms with Crippen LogP contribution < -0.4 is 0 Å². The zero-order valence-electron chi connectivity index (χ0n) is 9.06. The highest BCUT2D eigenvalue weighted by Crippen LogP contribution is 2.27. The number of thioether (sulfide) groups is 1. The minimum Gasteiger partial charge on any atom is -0.192 e. The summed E-state index contributed by atoms with van der Waals surface area (Å²) in [6, 6.07) is 17.8. The fraction of sp³-hybridized carbons (Fsp3) is 0.0714. The maximum Gasteiger partial charge on any atom is 0.101 e. The van der Waals surface area contributed by atoms with Gasteiger partial charge in [-0.25, -0.2) is 0 Å². The molecule has 0 aliphatic carbocycles. The van der Waals surface area contributed by atoms with Crippen molar-refractivity contribution in [2.75, 3.05) is 0 Å². The number of nitriles is 1. The smallest absolute Gasteiger partial charge is 0.101 e. The average Bonchev–Trinajstić information content (AvgIpc) is 2.38. The molecule has 0 aliphatic heterocycles. The van der Waals surface area contributed by atoms with E-state index in [1.807, 2.05) is 30.3 Å². The van der Waals surface area contributed by atoms with Gasteiger partial charge in [-0.1, -0.05) is 41.9 Å². The van der Waals surface area contributed by atoms with Crippen LogP contribution in [0.4, 0.5) is 0 Å². The van der Waals surface area contributed by atoms with Crippen molar-refractivity contribution in [2.45, 2.75) is 10.6 Å². The number of benzene rings is 2. The van der Waals surface area contributed by atoms with Crippen LogP contribution in [0.3, 0.4) is 0 Å². The van der Waals surface area contributed by atoms with Gasteiger partial charge in [0.15, 0.2) is 0 Å². The van der Waals surface area contributed by atoms with Gasteiger partial charge in [-0.15, -0.1) is 11.8 Å². The summed E-state index contributed by atoms with van der Waals surface area (Å²) < 4.78 is 0. The summed E-state index contributed by atoms with van der Waals surface area (Å²) >= 11 is 7.69. The third-order valence-corrected chi connectivity index (χ3v) is 3.69. The minimum absolute atomic E-state index is 0.519. The predicted molar refractivity (Wildman–Crippen MR) is 72.2 cm³/mol. The van der Waals surface area contributed by atoms with Gasteiger partial charge in [-0.05, 0) is 23.8 Å². The third kappa shape index (κ3) is 3.26. The third-order valence-electron chi connectivity index (χ3n) is 2.31. The molecule has 3 heteroatoms. The van der Waals surface area contributed by atoms with Gasteiger partial charge in [0.25, 0.3) is 0 Å². The Bertz CT molecular complexity index is 546. The second-order valence-corrected chi connectivity index (χ2v) is 4.98. The van der Waals surface area contributed by atoms with Crippen LogP contribution in [-0.2, 0) is 5.75 Å². The summed E-state index contributed by atoms with van der Waals surface area (Å²) in [7, 11) is 0. The first kappa shape index (κ1) is 12.0. The Balaban J connectivity index is 2.06. The standard InChI is InChI=1S/C14H10ClNS/c15-14-8-13(7-6-12(14)9-16)17-10-11-4-2-1-3-5-11/h1-8H,10H2. The van der Waals surface area contributed by atoms with Crippen LogP contribution in [0.15, 0.2) is 53.4 Å². The SMILES string of the molecule is N#Cc1ccc(SCc2ccccc2)cc1Cl. The van der Waals surface area contributed by atoms with Gasteiger partial charge < -0.3 is 0 Å². The Labute approximate surface area is 110 Å². The molecule has 0 N–H and O–H groups in total. The summed E-state index contributed by atoms with van der Waals surface area (Å²) in [5.74, 6) is 0.906. The largest absolute Gasteiger partial charge is 0.192 e. The minimum atomic E-state index is 0.519. The molecule has 0 aliphatic rings. The number of rotatable bonds is 3. The van der Waals surface area contributed by atoms with Crippen molar-refractivity contribution < 1.29 is 0 Å². The Hall–Kier alpha value is -1.43. The van der Waals surface area contributed by atoms with Gasteiger partial charge in [0.2, 0.25) is 0 Å². The number of hydrogen-bond acceptors (Lipinski definition) is 2. The monoisotopic (exact) mass is 259 g/mol. The molecule has 17 heavy (non-hydrogen) atoms. The Morgan fingerprint density at radius 1 is 1.12 bits per heavy atom. The van der Waals surface area contributed by atoms with Crippen LogP contribution >= 0.6 is 23.4 Å². The van der Waals surface area contributed by atoms with Crippen molar-refractivity contribution >= 4 is 23.4 Å². The van der Waals surface area contributed by atoms with E-state index in [1.54, 1.807) is 17.8 Å². The van der Waals surface area contributed by atoms with Crippen molar-refractivity contribution in [3.05, 3.63) is 64.7 Å². The molecule has 0 atom stereocenters. The summed E-state index contributed by atoms with van der Waals surface area (Å²) in [6.07, 6.45) is 0. The lowest BCUT2D eigenvalue weighted by atomic mass is 10.2. The molecular formula is C14H10ClNS. The quantitative estimate of drug-likeness (QED) is 0.758. The van der Waals surface area contributed by atoms with Crippen LogP contribution in [-0.4, -0.2) is 0 Å². The molecule has 2 rings (SSSR count). The Morgan fingerprint density at radius 2 is 1.88 bits per heavy atom. The maximum atomic E-state index is 8.78. The molecule has 0 amide bonds. The van der Waals surface area contributed by atoms with E-state index in [9.17, 15) is 0 Å². The number of nitrogens with zero attached hydrogens (tertiary/aromatic N) is 1. The molecule has 0 bridgehead atoms. The van der Waals surface area contributed by atoms with E-state index >= 15 is 0 Å². The van der Waals surface area contributed by atoms with Crippen molar-refractivity contribution in [3.8, 4) is 6.07 Å². The predicted octanol–water partition coefficient (Wildman–Crippen LogP) is 4.50. The lowest BCUT2D eigenvalue weighted by Crippen LogP contribution is -1.81. The fourth-order valence-corrected chi connectivity index (χ4v) is 2.60. The highest BCUT2D eigenvalue weighted by atomic mass is 35.5. The molecule has 2 aromatic rings. The zero-order chi connectivity index (χ0) is 12.1. The lowest BCUT2D eigenvalue weighted by Gasteiger charge is -2.03. The van der Waals surface area contributed by atoms with Gasteiger partial charge in [-0.3, -0.25) is 0 Å². The van der Waals surface area contributed by atoms with Gasteiger partial charge in [0, 0.05) is 10.6 Å². The molecule has 1 nitrogen and oxygen atoms in total. The molecule has 0 radical (unpaired) electrons. The van der Waals surface area contributed by atoms with Crippen LogP contribution in [0, 0.1) is 11.3 Å². The van der Waals surface area contributed by atoms with E-state index < -0.39 is 0 Å². The molecule has 0 heterocycles. The second kappa shape index (κ2) is 5.77. The Morgan fingerprint density at radius 3 is 2.53 bits per heavy atom. The van der Waals surface area contributed by atoms with Gasteiger partial charge in [0.1, 0.15) is 6.07 Å². The number of hydrogen-bond donors (Lipinski definition) is 0. The molecule has 0 fully saturated rings. The fourth-order valence-electron chi connectivity index (χ4n) is 1.42. The first-order valence-corrected chi connectivity index (χ1v) is 6.52. The molecule has 0 saturated carbocycles. The molecule has 0 saturated heterocycles. The Kier molecular flexibility index (Phi) is 4.08. The van der Waals surface area contributed by atoms with E-state index in [4.69, 9.17) is 16.9 Å². The molecule has 0 unspecified atom stereocenters. The number of halogens is 1. The van der Waals surface area contributed by atoms with Crippen LogP contribution in [0.5, 0.6) is 0 Å². The summed E-state index contributed by atoms with van der Waals surface area (Å²) in [4.78, 5) is 1.08. The first-order chi connectivity index (χ1) is 8.29. The van der Waals surface area contributed by atoms with E-state index in [1.165, 1.54) is 5.56 Å². The second-order valence-electron chi connectivity index (χ2n) is 3.53. The molecule has 2 aromatic carbocycles. The zero-order valence-corrected chi connectivity index (χ0v) is 10.6. The van der Waals surface area contributed by atoms with Gasteiger partial charge in [0.05, 0.1) is 10.6 Å². The van der Waals surface area contributed by atoms with Crippen molar-refractivity contribution in [1.82, 2.24) is 0 Å². The van der Waals surface area contributed by atoms with E-state index in [-0.39, 0.29) is 0 Å². The van der Waals surface area contributed by atoms with Crippen molar-refractivity contribution in [1.29, 1.82) is 5.26 Å². The molecule has 0 spiro atoms. The molecule has 0 aromatic heterocycles. The van der Waals surface area contributed by atoms with Crippen LogP contribution in [0.25, 0.3) is 0 Å². The van der Waals surface area contributed by atoms with Gasteiger partial charge >= 0.3 is 0 Å². The first-order valence-electron chi connectivity index (χ1n) is 5.16. The lowest BCUT2D eigenvalue weighted by molar-refractivity contribution is 1.37. The summed E-state index contributed by atoms with van der Waals surface area (Å²) in [5.41, 5.74) is 1.80. The van der Waals surface area contributed by atoms with E-state index in [0.717, 1.165) is 10.6 Å². The van der Waals surface area contributed by atoms with Crippen LogP contribution in [0.2, 0.25) is 5.02 Å². The van der Waals surface area contributed by atoms with Crippen molar-refractivity contribution in [3.63, 3.8) is 0 Å². The van der Waals surface area contributed by atoms with Gasteiger partial charge in [-0.2, -0.15) is 5.26 Å². The molecule has 84 valence electrons. The highest BCUT2D eigenvalue weighted by Gasteiger charge is 2.01. The van der Waals surface area contributed by atoms with E-state index in [0.29, 0.717) is 10.6 Å². The summed E-state index contributed by atoms with van der Waals surface area (Å²) in [5, 5.41) is 9.30. The maximum absolute atomic E-state index is 8.78. The highest BCUT2D eigenvalue weighted by molar-refractivity contribution is 7.98. The van der Waals surface area contributed by atoms with Crippen LogP contribution in [0.1, 0.15) is 11.1 Å². The molecular weight excluding hydrogens is 250 g/mol. The average molecular weight is 260 g/mol. The van der Waals surface area contributed by atoms with Crippen molar-refractivity contribution in [2.24, 2.45) is 0 Å². The van der Waals surface area contributed by atoms with E-state index in [2.05, 4.69) is 18.2 Å².